The van der Waals surface area contributed by atoms with Crippen LogP contribution in [0.25, 0.3) is 0 Å². The predicted molar refractivity (Wildman–Crippen MR) is 61.0 cm³/mol. The predicted octanol–water partition coefficient (Wildman–Crippen LogP) is 2.25. The Morgan fingerprint density at radius 2 is 2.35 bits per heavy atom. The lowest BCUT2D eigenvalue weighted by molar-refractivity contribution is 0.0691. The maximum absolute atomic E-state index is 11.0. The minimum Gasteiger partial charge on any atom is -0.483 e. The van der Waals surface area contributed by atoms with E-state index in [0.29, 0.717) is 11.4 Å². The summed E-state index contributed by atoms with van der Waals surface area (Å²) in [7, 11) is 0. The van der Waals surface area contributed by atoms with E-state index in [0.717, 1.165) is 0 Å². The zero-order chi connectivity index (χ0) is 12.3. The molecular weight excluding hydrogens is 220 g/mol. The van der Waals surface area contributed by atoms with Gasteiger partial charge in [0, 0.05) is 12.4 Å². The third-order valence-corrected chi connectivity index (χ3v) is 2.36. The lowest BCUT2D eigenvalue weighted by Crippen LogP contribution is -2.09. The molecule has 2 N–H and O–H groups in total. The maximum Gasteiger partial charge on any atom is 0.337 e. The Morgan fingerprint density at radius 1 is 1.53 bits per heavy atom. The van der Waals surface area contributed by atoms with E-state index in [1.165, 1.54) is 6.07 Å². The fourth-order valence-electron chi connectivity index (χ4n) is 1.58. The Labute approximate surface area is 98.1 Å². The number of carboxylic acids is 1. The third-order valence-electron chi connectivity index (χ3n) is 2.36. The van der Waals surface area contributed by atoms with Crippen molar-refractivity contribution in [2.75, 3.05) is 0 Å². The Morgan fingerprint density at radius 3 is 3.00 bits per heavy atom. The summed E-state index contributed by atoms with van der Waals surface area (Å²) in [6.45, 7) is 1.78. The lowest BCUT2D eigenvalue weighted by Gasteiger charge is -2.14. The quantitative estimate of drug-likeness (QED) is 0.847. The maximum atomic E-state index is 11.0. The largest absolute Gasteiger partial charge is 0.483 e. The highest BCUT2D eigenvalue weighted by atomic mass is 16.5. The second-order valence-corrected chi connectivity index (χ2v) is 3.56. The Bertz CT molecular complexity index is 507. The van der Waals surface area contributed by atoms with Gasteiger partial charge in [-0.05, 0) is 25.1 Å². The summed E-state index contributed by atoms with van der Waals surface area (Å²) in [5, 5.41) is 8.98. The summed E-state index contributed by atoms with van der Waals surface area (Å²) in [4.78, 5) is 17.8. The molecule has 5 heteroatoms. The van der Waals surface area contributed by atoms with Crippen molar-refractivity contribution in [1.82, 2.24) is 9.97 Å². The zero-order valence-electron chi connectivity index (χ0n) is 9.25. The van der Waals surface area contributed by atoms with Crippen LogP contribution >= 0.6 is 0 Å². The van der Waals surface area contributed by atoms with E-state index in [2.05, 4.69) is 9.97 Å². The Kier molecular flexibility index (Phi) is 3.09. The fraction of sp³-hybridized carbons (Fsp3) is 0.167. The van der Waals surface area contributed by atoms with Gasteiger partial charge in [0.15, 0.2) is 0 Å². The molecule has 17 heavy (non-hydrogen) atoms. The molecule has 0 radical (unpaired) electrons. The van der Waals surface area contributed by atoms with Crippen LogP contribution in [-0.2, 0) is 0 Å². The average Bonchev–Trinajstić information content (AvgIpc) is 2.79. The standard InChI is InChI=1S/C12H12N2O3/c1-8(17-9-3-2-5-13-7-9)11-10(12(15)16)4-6-14-11/h2-8,14H,1H3,(H,15,16). The molecule has 2 aromatic rings. The highest BCUT2D eigenvalue weighted by Crippen LogP contribution is 2.22. The third kappa shape index (κ3) is 2.44. The van der Waals surface area contributed by atoms with E-state index in [1.54, 1.807) is 37.6 Å². The van der Waals surface area contributed by atoms with Crippen molar-refractivity contribution in [2.24, 2.45) is 0 Å². The molecule has 88 valence electrons. The van der Waals surface area contributed by atoms with Crippen molar-refractivity contribution >= 4 is 5.97 Å². The van der Waals surface area contributed by atoms with Gasteiger partial charge >= 0.3 is 5.97 Å². The van der Waals surface area contributed by atoms with Gasteiger partial charge in [-0.1, -0.05) is 0 Å². The minimum absolute atomic E-state index is 0.224. The molecule has 0 saturated carbocycles. The Balaban J connectivity index is 2.17. The van der Waals surface area contributed by atoms with Gasteiger partial charge in [0.2, 0.25) is 0 Å². The van der Waals surface area contributed by atoms with Crippen LogP contribution in [0.3, 0.4) is 0 Å². The number of nitrogens with zero attached hydrogens (tertiary/aromatic N) is 1. The molecule has 0 aliphatic heterocycles. The van der Waals surface area contributed by atoms with Gasteiger partial charge in [0.25, 0.3) is 0 Å². The molecule has 1 unspecified atom stereocenters. The molecule has 2 heterocycles. The molecule has 0 aromatic carbocycles. The van der Waals surface area contributed by atoms with Crippen molar-refractivity contribution < 1.29 is 14.6 Å². The summed E-state index contributed by atoms with van der Waals surface area (Å²) in [6.07, 6.45) is 4.44. The lowest BCUT2D eigenvalue weighted by atomic mass is 10.2. The van der Waals surface area contributed by atoms with Crippen LogP contribution in [0.5, 0.6) is 5.75 Å². The topological polar surface area (TPSA) is 75.2 Å². The molecule has 2 aromatic heterocycles. The van der Waals surface area contributed by atoms with E-state index < -0.39 is 5.97 Å². The average molecular weight is 232 g/mol. The molecule has 1 atom stereocenters. The number of pyridine rings is 1. The monoisotopic (exact) mass is 232 g/mol. The first-order valence-electron chi connectivity index (χ1n) is 5.15. The van der Waals surface area contributed by atoms with Crippen molar-refractivity contribution in [3.8, 4) is 5.75 Å². The van der Waals surface area contributed by atoms with Crippen molar-refractivity contribution in [2.45, 2.75) is 13.0 Å². The van der Waals surface area contributed by atoms with Crippen LogP contribution < -0.4 is 4.74 Å². The zero-order valence-corrected chi connectivity index (χ0v) is 9.25. The number of nitrogens with one attached hydrogen (secondary N) is 1. The van der Waals surface area contributed by atoms with E-state index >= 15 is 0 Å². The SMILES string of the molecule is CC(Oc1cccnc1)c1[nH]ccc1C(=O)O. The van der Waals surface area contributed by atoms with Gasteiger partial charge < -0.3 is 14.8 Å². The van der Waals surface area contributed by atoms with Crippen LogP contribution in [0.2, 0.25) is 0 Å². The van der Waals surface area contributed by atoms with Crippen molar-refractivity contribution in [1.29, 1.82) is 0 Å². The van der Waals surface area contributed by atoms with Gasteiger partial charge in [-0.25, -0.2) is 4.79 Å². The summed E-state index contributed by atoms with van der Waals surface area (Å²) in [5.74, 6) is -0.367. The Hall–Kier alpha value is -2.30. The summed E-state index contributed by atoms with van der Waals surface area (Å²) in [5.41, 5.74) is 0.766. The van der Waals surface area contributed by atoms with Crippen LogP contribution in [0.15, 0.2) is 36.8 Å². The number of hydrogen-bond donors (Lipinski definition) is 2. The molecular formula is C12H12N2O3. The molecule has 0 aliphatic rings. The normalized spacial score (nSPS) is 12.1. The highest BCUT2D eigenvalue weighted by molar-refractivity contribution is 5.89. The molecule has 2 rings (SSSR count). The van der Waals surface area contributed by atoms with E-state index in [9.17, 15) is 4.79 Å². The van der Waals surface area contributed by atoms with Crippen LogP contribution in [-0.4, -0.2) is 21.0 Å². The fourth-order valence-corrected chi connectivity index (χ4v) is 1.58. The summed E-state index contributed by atoms with van der Waals surface area (Å²) >= 11 is 0. The van der Waals surface area contributed by atoms with E-state index in [-0.39, 0.29) is 11.7 Å². The molecule has 0 bridgehead atoms. The van der Waals surface area contributed by atoms with E-state index in [1.807, 2.05) is 0 Å². The number of carbonyl (C=O) groups is 1. The van der Waals surface area contributed by atoms with E-state index in [4.69, 9.17) is 9.84 Å². The molecule has 0 saturated heterocycles. The number of H-pyrrole nitrogens is 1. The second kappa shape index (κ2) is 4.69. The number of aromatic amines is 1. The number of ether oxygens (including phenoxy) is 1. The van der Waals surface area contributed by atoms with Gasteiger partial charge in [0.1, 0.15) is 11.9 Å². The van der Waals surface area contributed by atoms with Gasteiger partial charge in [-0.3, -0.25) is 4.98 Å². The first-order valence-corrected chi connectivity index (χ1v) is 5.15. The summed E-state index contributed by atoms with van der Waals surface area (Å²) in [6, 6.07) is 5.04. The van der Waals surface area contributed by atoms with Gasteiger partial charge in [-0.2, -0.15) is 0 Å². The molecule has 0 aliphatic carbocycles. The number of carboxylic acid groups (broad SMARTS) is 1. The van der Waals surface area contributed by atoms with Crippen molar-refractivity contribution in [3.63, 3.8) is 0 Å². The highest BCUT2D eigenvalue weighted by Gasteiger charge is 2.17. The second-order valence-electron chi connectivity index (χ2n) is 3.56. The first kappa shape index (κ1) is 11.2. The smallest absolute Gasteiger partial charge is 0.337 e. The number of aromatic carboxylic acids is 1. The van der Waals surface area contributed by atoms with Gasteiger partial charge in [-0.15, -0.1) is 0 Å². The van der Waals surface area contributed by atoms with Crippen molar-refractivity contribution in [3.05, 3.63) is 48.0 Å². The van der Waals surface area contributed by atoms with Crippen LogP contribution in [0, 0.1) is 0 Å². The summed E-state index contributed by atoms with van der Waals surface area (Å²) < 4.78 is 5.59. The minimum atomic E-state index is -0.970. The van der Waals surface area contributed by atoms with Crippen LogP contribution in [0.4, 0.5) is 0 Å². The number of rotatable bonds is 4. The van der Waals surface area contributed by atoms with Crippen LogP contribution in [0.1, 0.15) is 29.1 Å². The molecule has 0 spiro atoms. The first-order chi connectivity index (χ1) is 8.18. The van der Waals surface area contributed by atoms with Gasteiger partial charge in [0.05, 0.1) is 17.5 Å². The molecule has 0 amide bonds. The number of hydrogen-bond acceptors (Lipinski definition) is 3. The number of aromatic nitrogens is 2. The molecule has 0 fully saturated rings. The molecule has 5 nitrogen and oxygen atoms in total.